The predicted octanol–water partition coefficient (Wildman–Crippen LogP) is 2.57. The minimum Gasteiger partial charge on any atom is -0.481 e. The van der Waals surface area contributed by atoms with Crippen LogP contribution in [0.3, 0.4) is 0 Å². The Balaban J connectivity index is 2.31. The standard InChI is InChI=1S/C10H11F3O3S/c11-10(12,13)8(9(14)15)6-16-4-3-7-2-1-5-17-7/h1-2,5,8H,3-4,6H2,(H,14,15). The molecule has 1 aromatic rings. The summed E-state index contributed by atoms with van der Waals surface area (Å²) in [4.78, 5) is 11.4. The maximum absolute atomic E-state index is 12.2. The van der Waals surface area contributed by atoms with Gasteiger partial charge in [0.25, 0.3) is 0 Å². The second-order valence-electron chi connectivity index (χ2n) is 3.34. The highest BCUT2D eigenvalue weighted by Gasteiger charge is 2.45. The number of hydrogen-bond donors (Lipinski definition) is 1. The van der Waals surface area contributed by atoms with Crippen molar-refractivity contribution in [2.24, 2.45) is 5.92 Å². The molecule has 0 saturated heterocycles. The molecule has 0 amide bonds. The molecule has 7 heteroatoms. The first-order chi connectivity index (χ1) is 7.91. The molecule has 0 bridgehead atoms. The second-order valence-corrected chi connectivity index (χ2v) is 4.37. The van der Waals surface area contributed by atoms with Crippen LogP contribution in [0.1, 0.15) is 4.88 Å². The van der Waals surface area contributed by atoms with E-state index in [0.717, 1.165) is 4.88 Å². The Kier molecular flexibility index (Phi) is 4.95. The van der Waals surface area contributed by atoms with Gasteiger partial charge in [-0.15, -0.1) is 11.3 Å². The summed E-state index contributed by atoms with van der Waals surface area (Å²) in [5, 5.41) is 10.2. The number of alkyl halides is 3. The Morgan fingerprint density at radius 2 is 2.24 bits per heavy atom. The van der Waals surface area contributed by atoms with Gasteiger partial charge in [0.15, 0.2) is 5.92 Å². The first kappa shape index (κ1) is 14.0. The smallest absolute Gasteiger partial charge is 0.404 e. The molecule has 1 rings (SSSR count). The molecule has 0 aliphatic heterocycles. The Labute approximate surface area is 99.8 Å². The van der Waals surface area contributed by atoms with E-state index in [1.807, 2.05) is 17.5 Å². The van der Waals surface area contributed by atoms with E-state index in [2.05, 4.69) is 0 Å². The fourth-order valence-electron chi connectivity index (χ4n) is 1.13. The number of ether oxygens (including phenoxy) is 1. The topological polar surface area (TPSA) is 46.5 Å². The van der Waals surface area contributed by atoms with E-state index in [9.17, 15) is 18.0 Å². The van der Waals surface area contributed by atoms with Gasteiger partial charge in [0.1, 0.15) is 0 Å². The highest BCUT2D eigenvalue weighted by atomic mass is 32.1. The number of thiophene rings is 1. The van der Waals surface area contributed by atoms with Crippen LogP contribution in [0.4, 0.5) is 13.2 Å². The molecule has 0 saturated carbocycles. The van der Waals surface area contributed by atoms with E-state index in [-0.39, 0.29) is 6.61 Å². The van der Waals surface area contributed by atoms with Crippen LogP contribution >= 0.6 is 11.3 Å². The lowest BCUT2D eigenvalue weighted by atomic mass is 10.1. The Morgan fingerprint density at radius 1 is 1.53 bits per heavy atom. The third kappa shape index (κ3) is 4.74. The summed E-state index contributed by atoms with van der Waals surface area (Å²) < 4.78 is 41.4. The van der Waals surface area contributed by atoms with Gasteiger partial charge >= 0.3 is 12.1 Å². The van der Waals surface area contributed by atoms with Gasteiger partial charge in [-0.2, -0.15) is 13.2 Å². The minimum atomic E-state index is -4.77. The molecule has 0 aromatic carbocycles. The van der Waals surface area contributed by atoms with Crippen molar-refractivity contribution in [2.45, 2.75) is 12.6 Å². The largest absolute Gasteiger partial charge is 0.481 e. The number of carbonyl (C=O) groups is 1. The minimum absolute atomic E-state index is 0.0837. The predicted molar refractivity (Wildman–Crippen MR) is 56.0 cm³/mol. The molecule has 0 aliphatic rings. The fourth-order valence-corrected chi connectivity index (χ4v) is 1.82. The molecule has 1 heterocycles. The zero-order chi connectivity index (χ0) is 12.9. The lowest BCUT2D eigenvalue weighted by Crippen LogP contribution is -2.34. The van der Waals surface area contributed by atoms with Gasteiger partial charge in [0.2, 0.25) is 0 Å². The van der Waals surface area contributed by atoms with Crippen LogP contribution in [0, 0.1) is 5.92 Å². The van der Waals surface area contributed by atoms with Crippen LogP contribution in [-0.2, 0) is 16.0 Å². The van der Waals surface area contributed by atoms with Gasteiger partial charge < -0.3 is 9.84 Å². The van der Waals surface area contributed by atoms with Gasteiger partial charge in [-0.05, 0) is 11.4 Å². The van der Waals surface area contributed by atoms with Crippen LogP contribution in [0.15, 0.2) is 17.5 Å². The molecule has 1 N–H and O–H groups in total. The average Bonchev–Trinajstić information content (AvgIpc) is 2.67. The number of aliphatic carboxylic acids is 1. The molecule has 17 heavy (non-hydrogen) atoms. The molecule has 0 aliphatic carbocycles. The van der Waals surface area contributed by atoms with Crippen molar-refractivity contribution in [1.29, 1.82) is 0 Å². The summed E-state index contributed by atoms with van der Waals surface area (Å²) in [6.45, 7) is -0.759. The lowest BCUT2D eigenvalue weighted by molar-refractivity contribution is -0.202. The Hall–Kier alpha value is -1.08. The molecule has 0 fully saturated rings. The molecular formula is C10H11F3O3S. The third-order valence-corrected chi connectivity index (χ3v) is 2.99. The fraction of sp³-hybridized carbons (Fsp3) is 0.500. The van der Waals surface area contributed by atoms with Gasteiger partial charge in [-0.25, -0.2) is 0 Å². The van der Waals surface area contributed by atoms with Crippen LogP contribution in [0.5, 0.6) is 0 Å². The van der Waals surface area contributed by atoms with Crippen molar-refractivity contribution in [2.75, 3.05) is 13.2 Å². The Bertz CT molecular complexity index is 348. The van der Waals surface area contributed by atoms with E-state index in [0.29, 0.717) is 6.42 Å². The molecule has 96 valence electrons. The van der Waals surface area contributed by atoms with Crippen LogP contribution < -0.4 is 0 Å². The monoisotopic (exact) mass is 268 g/mol. The highest BCUT2D eigenvalue weighted by molar-refractivity contribution is 7.09. The summed E-state index contributed by atoms with van der Waals surface area (Å²) in [5.41, 5.74) is 0. The zero-order valence-corrected chi connectivity index (χ0v) is 9.55. The first-order valence-electron chi connectivity index (χ1n) is 4.81. The molecule has 1 aromatic heterocycles. The SMILES string of the molecule is O=C(O)C(COCCc1cccs1)C(F)(F)F. The van der Waals surface area contributed by atoms with Gasteiger partial charge in [-0.1, -0.05) is 6.07 Å². The molecule has 1 atom stereocenters. The van der Waals surface area contributed by atoms with Gasteiger partial charge in [0, 0.05) is 11.3 Å². The molecule has 0 radical (unpaired) electrons. The van der Waals surface area contributed by atoms with E-state index in [1.54, 1.807) is 0 Å². The summed E-state index contributed by atoms with van der Waals surface area (Å²) in [7, 11) is 0. The highest BCUT2D eigenvalue weighted by Crippen LogP contribution is 2.26. The molecule has 3 nitrogen and oxygen atoms in total. The Morgan fingerprint density at radius 3 is 2.71 bits per heavy atom. The number of carboxylic acids is 1. The number of halogens is 3. The quantitative estimate of drug-likeness (QED) is 0.806. The van der Waals surface area contributed by atoms with Crippen molar-refractivity contribution in [3.63, 3.8) is 0 Å². The zero-order valence-electron chi connectivity index (χ0n) is 8.74. The van der Waals surface area contributed by atoms with Crippen LogP contribution in [-0.4, -0.2) is 30.5 Å². The summed E-state index contributed by atoms with van der Waals surface area (Å²) in [6.07, 6.45) is -4.28. The lowest BCUT2D eigenvalue weighted by Gasteiger charge is -2.15. The van der Waals surface area contributed by atoms with Gasteiger partial charge in [0.05, 0.1) is 13.2 Å². The number of carboxylic acid groups (broad SMARTS) is 1. The van der Waals surface area contributed by atoms with Gasteiger partial charge in [-0.3, -0.25) is 4.79 Å². The molecular weight excluding hydrogens is 257 g/mol. The van der Waals surface area contributed by atoms with Crippen molar-refractivity contribution < 1.29 is 27.8 Å². The molecule has 0 spiro atoms. The van der Waals surface area contributed by atoms with Crippen molar-refractivity contribution in [3.8, 4) is 0 Å². The van der Waals surface area contributed by atoms with Crippen LogP contribution in [0.2, 0.25) is 0 Å². The number of rotatable bonds is 6. The molecule has 1 unspecified atom stereocenters. The van der Waals surface area contributed by atoms with E-state index >= 15 is 0 Å². The first-order valence-corrected chi connectivity index (χ1v) is 5.69. The van der Waals surface area contributed by atoms with Crippen LogP contribution in [0.25, 0.3) is 0 Å². The summed E-state index contributed by atoms with van der Waals surface area (Å²) >= 11 is 1.48. The maximum atomic E-state index is 12.2. The van der Waals surface area contributed by atoms with Crippen molar-refractivity contribution in [1.82, 2.24) is 0 Å². The second kappa shape index (κ2) is 6.02. The average molecular weight is 268 g/mol. The summed E-state index contributed by atoms with van der Waals surface area (Å²) in [6, 6.07) is 3.67. The van der Waals surface area contributed by atoms with E-state index in [4.69, 9.17) is 9.84 Å². The van der Waals surface area contributed by atoms with Crippen molar-refractivity contribution in [3.05, 3.63) is 22.4 Å². The number of hydrogen-bond acceptors (Lipinski definition) is 3. The van der Waals surface area contributed by atoms with Crippen molar-refractivity contribution >= 4 is 17.3 Å². The summed E-state index contributed by atoms with van der Waals surface area (Å²) in [5.74, 6) is -4.36. The normalized spacial score (nSPS) is 13.6. The maximum Gasteiger partial charge on any atom is 0.404 e. The van der Waals surface area contributed by atoms with E-state index < -0.39 is 24.7 Å². The van der Waals surface area contributed by atoms with E-state index in [1.165, 1.54) is 11.3 Å². The third-order valence-electron chi connectivity index (χ3n) is 2.05.